The van der Waals surface area contributed by atoms with Gasteiger partial charge in [-0.15, -0.1) is 0 Å². The highest BCUT2D eigenvalue weighted by Crippen LogP contribution is 2.32. The molecule has 0 bridgehead atoms. The molecule has 1 atom stereocenters. The summed E-state index contributed by atoms with van der Waals surface area (Å²) in [4.78, 5) is 2.23. The minimum absolute atomic E-state index is 0.0514. The summed E-state index contributed by atoms with van der Waals surface area (Å²) in [7, 11) is 2.09. The third-order valence-electron chi connectivity index (χ3n) is 3.80. The van der Waals surface area contributed by atoms with Crippen LogP contribution in [0.5, 0.6) is 11.5 Å². The topological polar surface area (TPSA) is 47.7 Å². The summed E-state index contributed by atoms with van der Waals surface area (Å²) in [6.07, 6.45) is 0. The first-order valence-electron chi connectivity index (χ1n) is 7.60. The summed E-state index contributed by atoms with van der Waals surface area (Å²) in [6, 6.07) is 16.3. The molecule has 0 aliphatic carbocycles. The van der Waals surface area contributed by atoms with Crippen LogP contribution >= 0.6 is 0 Å². The maximum absolute atomic E-state index is 6.34. The van der Waals surface area contributed by atoms with E-state index in [1.54, 1.807) is 0 Å². The lowest BCUT2D eigenvalue weighted by Crippen LogP contribution is -2.29. The molecule has 116 valence electrons. The Morgan fingerprint density at radius 2 is 1.77 bits per heavy atom. The predicted octanol–water partition coefficient (Wildman–Crippen LogP) is 2.59. The van der Waals surface area contributed by atoms with Gasteiger partial charge in [-0.25, -0.2) is 0 Å². The van der Waals surface area contributed by atoms with Crippen molar-refractivity contribution in [3.63, 3.8) is 0 Å². The lowest BCUT2D eigenvalue weighted by molar-refractivity contribution is 0.171. The highest BCUT2D eigenvalue weighted by molar-refractivity contribution is 5.44. The van der Waals surface area contributed by atoms with Crippen molar-refractivity contribution in [3.8, 4) is 11.5 Å². The monoisotopic (exact) mass is 298 g/mol. The second kappa shape index (κ2) is 6.81. The lowest BCUT2D eigenvalue weighted by Gasteiger charge is -2.24. The molecule has 0 saturated heterocycles. The zero-order valence-corrected chi connectivity index (χ0v) is 12.9. The molecule has 2 aromatic rings. The number of hydrogen-bond acceptors (Lipinski definition) is 4. The summed E-state index contributed by atoms with van der Waals surface area (Å²) < 4.78 is 11.2. The molecule has 0 amide bonds. The van der Waals surface area contributed by atoms with E-state index in [0.717, 1.165) is 30.2 Å². The lowest BCUT2D eigenvalue weighted by atomic mass is 10.1. The molecular weight excluding hydrogens is 276 g/mol. The maximum Gasteiger partial charge on any atom is 0.161 e. The van der Waals surface area contributed by atoms with Crippen molar-refractivity contribution in [2.24, 2.45) is 5.73 Å². The molecule has 4 heteroatoms. The van der Waals surface area contributed by atoms with E-state index in [9.17, 15) is 0 Å². The Labute approximate surface area is 131 Å². The summed E-state index contributed by atoms with van der Waals surface area (Å²) in [6.45, 7) is 2.88. The first kappa shape index (κ1) is 14.9. The van der Waals surface area contributed by atoms with Crippen LogP contribution in [0.25, 0.3) is 0 Å². The number of nitrogens with zero attached hydrogens (tertiary/aromatic N) is 1. The molecule has 0 aromatic heterocycles. The molecule has 1 unspecified atom stereocenters. The fraction of sp³-hybridized carbons (Fsp3) is 0.333. The molecule has 22 heavy (non-hydrogen) atoms. The molecule has 2 N–H and O–H groups in total. The van der Waals surface area contributed by atoms with Crippen molar-refractivity contribution < 1.29 is 9.47 Å². The number of likely N-dealkylation sites (N-methyl/N-ethyl adjacent to an activating group) is 1. The Kier molecular flexibility index (Phi) is 4.61. The summed E-state index contributed by atoms with van der Waals surface area (Å²) >= 11 is 0. The van der Waals surface area contributed by atoms with Crippen LogP contribution in [0.3, 0.4) is 0 Å². The van der Waals surface area contributed by atoms with Gasteiger partial charge in [0.05, 0.1) is 0 Å². The summed E-state index contributed by atoms with van der Waals surface area (Å²) in [5.74, 6) is 1.60. The van der Waals surface area contributed by atoms with E-state index in [0.29, 0.717) is 13.2 Å². The Morgan fingerprint density at radius 1 is 1.05 bits per heavy atom. The molecule has 0 spiro atoms. The maximum atomic E-state index is 6.34. The highest BCUT2D eigenvalue weighted by Gasteiger charge is 2.15. The molecule has 0 radical (unpaired) electrons. The van der Waals surface area contributed by atoms with Crippen molar-refractivity contribution in [2.45, 2.75) is 12.6 Å². The van der Waals surface area contributed by atoms with Crippen LogP contribution in [-0.4, -0.2) is 31.7 Å². The van der Waals surface area contributed by atoms with E-state index in [1.807, 2.05) is 24.3 Å². The van der Waals surface area contributed by atoms with Gasteiger partial charge in [-0.05, 0) is 30.3 Å². The van der Waals surface area contributed by atoms with Crippen molar-refractivity contribution in [1.82, 2.24) is 4.90 Å². The molecule has 0 fully saturated rings. The number of hydrogen-bond donors (Lipinski definition) is 1. The third kappa shape index (κ3) is 3.59. The molecule has 1 aliphatic heterocycles. The first-order valence-corrected chi connectivity index (χ1v) is 7.60. The Balaban J connectivity index is 1.62. The van der Waals surface area contributed by atoms with E-state index < -0.39 is 0 Å². The molecule has 1 heterocycles. The van der Waals surface area contributed by atoms with Gasteiger partial charge in [-0.2, -0.15) is 0 Å². The fourth-order valence-electron chi connectivity index (χ4n) is 2.69. The van der Waals surface area contributed by atoms with Crippen molar-refractivity contribution in [1.29, 1.82) is 0 Å². The Hall–Kier alpha value is -2.04. The second-order valence-electron chi connectivity index (χ2n) is 5.69. The standard InChI is InChI=1S/C18H22N2O2/c1-20(12-14-5-3-2-4-6-14)13-16(19)15-7-8-17-18(11-15)22-10-9-21-17/h2-8,11,16H,9-10,12-13,19H2,1H3. The van der Waals surface area contributed by atoms with E-state index >= 15 is 0 Å². The summed E-state index contributed by atoms with van der Waals surface area (Å²) in [5, 5.41) is 0. The average molecular weight is 298 g/mol. The minimum atomic E-state index is -0.0514. The number of fused-ring (bicyclic) bond motifs is 1. The zero-order chi connectivity index (χ0) is 15.4. The van der Waals surface area contributed by atoms with Crippen molar-refractivity contribution >= 4 is 0 Å². The van der Waals surface area contributed by atoms with Crippen molar-refractivity contribution in [2.75, 3.05) is 26.8 Å². The van der Waals surface area contributed by atoms with Gasteiger partial charge in [0.15, 0.2) is 11.5 Å². The van der Waals surface area contributed by atoms with Crippen LogP contribution < -0.4 is 15.2 Å². The van der Waals surface area contributed by atoms with Crippen molar-refractivity contribution in [3.05, 3.63) is 59.7 Å². The highest BCUT2D eigenvalue weighted by atomic mass is 16.6. The van der Waals surface area contributed by atoms with Gasteiger partial charge in [0.2, 0.25) is 0 Å². The molecular formula is C18H22N2O2. The Morgan fingerprint density at radius 3 is 2.55 bits per heavy atom. The van der Waals surface area contributed by atoms with Gasteiger partial charge in [0, 0.05) is 19.1 Å². The van der Waals surface area contributed by atoms with Crippen LogP contribution in [0.2, 0.25) is 0 Å². The van der Waals surface area contributed by atoms with Crippen LogP contribution in [0.4, 0.5) is 0 Å². The number of ether oxygens (including phenoxy) is 2. The quantitative estimate of drug-likeness (QED) is 0.921. The number of benzene rings is 2. The molecule has 2 aromatic carbocycles. The Bertz CT molecular complexity index is 616. The number of rotatable bonds is 5. The minimum Gasteiger partial charge on any atom is -0.486 e. The first-order chi connectivity index (χ1) is 10.7. The third-order valence-corrected chi connectivity index (χ3v) is 3.80. The number of nitrogens with two attached hydrogens (primary N) is 1. The molecule has 3 rings (SSSR count). The van der Waals surface area contributed by atoms with Gasteiger partial charge in [-0.3, -0.25) is 0 Å². The SMILES string of the molecule is CN(Cc1ccccc1)CC(N)c1ccc2c(c1)OCCO2. The van der Waals surface area contributed by atoms with Gasteiger partial charge in [0.25, 0.3) is 0 Å². The molecule has 1 aliphatic rings. The smallest absolute Gasteiger partial charge is 0.161 e. The van der Waals surface area contributed by atoms with Crippen LogP contribution in [0.1, 0.15) is 17.2 Å². The second-order valence-corrected chi connectivity index (χ2v) is 5.69. The van der Waals surface area contributed by atoms with E-state index in [-0.39, 0.29) is 6.04 Å². The van der Waals surface area contributed by atoms with Gasteiger partial charge in [-0.1, -0.05) is 36.4 Å². The molecule has 0 saturated carbocycles. The van der Waals surface area contributed by atoms with Crippen LogP contribution in [-0.2, 0) is 6.54 Å². The van der Waals surface area contributed by atoms with Crippen LogP contribution in [0.15, 0.2) is 48.5 Å². The summed E-state index contributed by atoms with van der Waals surface area (Å²) in [5.41, 5.74) is 8.71. The van der Waals surface area contributed by atoms with Gasteiger partial charge in [0.1, 0.15) is 13.2 Å². The van der Waals surface area contributed by atoms with E-state index in [4.69, 9.17) is 15.2 Å². The van der Waals surface area contributed by atoms with Gasteiger partial charge < -0.3 is 20.1 Å². The van der Waals surface area contributed by atoms with Gasteiger partial charge >= 0.3 is 0 Å². The average Bonchev–Trinajstić information content (AvgIpc) is 2.55. The zero-order valence-electron chi connectivity index (χ0n) is 12.9. The van der Waals surface area contributed by atoms with E-state index in [1.165, 1.54) is 5.56 Å². The molecule has 4 nitrogen and oxygen atoms in total. The fourth-order valence-corrected chi connectivity index (χ4v) is 2.69. The largest absolute Gasteiger partial charge is 0.486 e. The van der Waals surface area contributed by atoms with E-state index in [2.05, 4.69) is 36.2 Å². The normalized spacial score (nSPS) is 14.9. The van der Waals surface area contributed by atoms with Crippen LogP contribution in [0, 0.1) is 0 Å². The predicted molar refractivity (Wildman–Crippen MR) is 87.1 cm³/mol.